The highest BCUT2D eigenvalue weighted by Crippen LogP contribution is 2.39. The van der Waals surface area contributed by atoms with Crippen LogP contribution in [0.5, 0.6) is 5.75 Å². The maximum atomic E-state index is 6.48. The smallest absolute Gasteiger partial charge is 0.250 e. The number of rotatable bonds is 7. The molecule has 1 saturated carbocycles. The van der Waals surface area contributed by atoms with Gasteiger partial charge >= 0.3 is 0 Å². The maximum absolute atomic E-state index is 6.48. The quantitative estimate of drug-likeness (QED) is 0.371. The van der Waals surface area contributed by atoms with Crippen molar-refractivity contribution in [1.29, 1.82) is 0 Å². The summed E-state index contributed by atoms with van der Waals surface area (Å²) in [6.45, 7) is 12.0. The van der Waals surface area contributed by atoms with Crippen LogP contribution in [0.25, 0.3) is 5.76 Å². The third-order valence-electron chi connectivity index (χ3n) is 6.08. The first kappa shape index (κ1) is 21.7. The average molecular weight is 411 g/mol. The van der Waals surface area contributed by atoms with Gasteiger partial charge in [-0.15, -0.1) is 0 Å². The molecule has 0 aliphatic heterocycles. The SMILES string of the molecule is COC(=C1CC(OCc2ccccc2)C1)c1cccc(O[Si](C)(C)C(C)(C)C)c1. The number of hydrogen-bond acceptors (Lipinski definition) is 3. The summed E-state index contributed by atoms with van der Waals surface area (Å²) >= 11 is 0. The van der Waals surface area contributed by atoms with Gasteiger partial charge in [-0.3, -0.25) is 0 Å². The van der Waals surface area contributed by atoms with E-state index in [1.54, 1.807) is 7.11 Å². The van der Waals surface area contributed by atoms with Crippen molar-refractivity contribution in [2.75, 3.05) is 7.11 Å². The van der Waals surface area contributed by atoms with Gasteiger partial charge in [-0.2, -0.15) is 0 Å². The van der Waals surface area contributed by atoms with Crippen LogP contribution in [-0.4, -0.2) is 21.5 Å². The van der Waals surface area contributed by atoms with Gasteiger partial charge in [0.15, 0.2) is 0 Å². The third kappa shape index (κ3) is 5.31. The normalized spacial score (nSPS) is 16.9. The molecule has 0 saturated heterocycles. The van der Waals surface area contributed by atoms with Gasteiger partial charge in [0, 0.05) is 5.56 Å². The Bertz CT molecular complexity index is 842. The Labute approximate surface area is 176 Å². The molecule has 0 radical (unpaired) electrons. The lowest BCUT2D eigenvalue weighted by molar-refractivity contribution is 0.0156. The lowest BCUT2D eigenvalue weighted by atomic mass is 9.86. The number of benzene rings is 2. The molecule has 2 aromatic carbocycles. The van der Waals surface area contributed by atoms with Gasteiger partial charge in [-0.25, -0.2) is 0 Å². The van der Waals surface area contributed by atoms with E-state index in [9.17, 15) is 0 Å². The summed E-state index contributed by atoms with van der Waals surface area (Å²) in [6, 6.07) is 18.6. The molecule has 0 amide bonds. The molecule has 0 N–H and O–H groups in total. The summed E-state index contributed by atoms with van der Waals surface area (Å²) in [6.07, 6.45) is 2.11. The Balaban J connectivity index is 1.66. The Morgan fingerprint density at radius 1 is 1.00 bits per heavy atom. The molecule has 1 aliphatic rings. The predicted octanol–water partition coefficient (Wildman–Crippen LogP) is 6.81. The first-order valence-corrected chi connectivity index (χ1v) is 13.3. The molecule has 3 rings (SSSR count). The highest BCUT2D eigenvalue weighted by atomic mass is 28.4. The second-order valence-electron chi connectivity index (χ2n) is 9.35. The van der Waals surface area contributed by atoms with E-state index >= 15 is 0 Å². The van der Waals surface area contributed by atoms with Crippen LogP contribution >= 0.6 is 0 Å². The van der Waals surface area contributed by atoms with Crippen molar-refractivity contribution in [3.63, 3.8) is 0 Å². The van der Waals surface area contributed by atoms with Crippen molar-refractivity contribution >= 4 is 14.1 Å². The monoisotopic (exact) mass is 410 g/mol. The van der Waals surface area contributed by atoms with Gasteiger partial charge in [-0.1, -0.05) is 63.2 Å². The van der Waals surface area contributed by atoms with E-state index in [1.807, 2.05) is 18.2 Å². The molecule has 3 nitrogen and oxygen atoms in total. The largest absolute Gasteiger partial charge is 0.543 e. The van der Waals surface area contributed by atoms with Gasteiger partial charge in [0.2, 0.25) is 8.32 Å². The van der Waals surface area contributed by atoms with E-state index in [0.29, 0.717) is 6.61 Å². The van der Waals surface area contributed by atoms with Gasteiger partial charge in [0.05, 0.1) is 19.8 Å². The molecule has 0 spiro atoms. The molecule has 0 atom stereocenters. The zero-order valence-corrected chi connectivity index (χ0v) is 19.6. The van der Waals surface area contributed by atoms with Crippen LogP contribution in [0, 0.1) is 0 Å². The second kappa shape index (κ2) is 8.76. The standard InChI is InChI=1S/C25H34O3Si/c1-25(2,3)29(5,6)28-22-14-10-13-20(15-22)24(26-4)21-16-23(17-21)27-18-19-11-8-7-9-12-19/h7-15,23H,16-18H2,1-6H3. The Kier molecular flexibility index (Phi) is 6.54. The minimum absolute atomic E-state index is 0.169. The summed E-state index contributed by atoms with van der Waals surface area (Å²) in [4.78, 5) is 0. The van der Waals surface area contributed by atoms with Crippen LogP contribution in [0.4, 0.5) is 0 Å². The topological polar surface area (TPSA) is 27.7 Å². The fraction of sp³-hybridized carbons (Fsp3) is 0.440. The minimum Gasteiger partial charge on any atom is -0.543 e. The summed E-state index contributed by atoms with van der Waals surface area (Å²) in [5.41, 5.74) is 3.61. The predicted molar refractivity (Wildman–Crippen MR) is 122 cm³/mol. The van der Waals surface area contributed by atoms with Crippen molar-refractivity contribution < 1.29 is 13.9 Å². The lowest BCUT2D eigenvalue weighted by Crippen LogP contribution is -2.43. The average Bonchev–Trinajstić information content (AvgIpc) is 2.63. The van der Waals surface area contributed by atoms with Crippen molar-refractivity contribution in [1.82, 2.24) is 0 Å². The number of methoxy groups -OCH3 is 1. The third-order valence-corrected chi connectivity index (χ3v) is 10.4. The molecular weight excluding hydrogens is 376 g/mol. The molecule has 0 unspecified atom stereocenters. The van der Waals surface area contributed by atoms with Gasteiger partial charge in [-0.05, 0) is 54.2 Å². The van der Waals surface area contributed by atoms with Crippen LogP contribution in [-0.2, 0) is 16.1 Å². The lowest BCUT2D eigenvalue weighted by Gasteiger charge is -2.36. The Hall–Kier alpha value is -2.04. The summed E-state index contributed by atoms with van der Waals surface area (Å²) in [5.74, 6) is 1.89. The molecular formula is C25H34O3Si. The molecule has 2 aromatic rings. The van der Waals surface area contributed by atoms with Gasteiger partial charge < -0.3 is 13.9 Å². The second-order valence-corrected chi connectivity index (χ2v) is 14.1. The minimum atomic E-state index is -1.87. The Morgan fingerprint density at radius 3 is 2.31 bits per heavy atom. The van der Waals surface area contributed by atoms with E-state index in [-0.39, 0.29) is 11.1 Å². The molecule has 1 aliphatic carbocycles. The van der Waals surface area contributed by atoms with Crippen molar-refractivity contribution in [3.8, 4) is 5.75 Å². The number of ether oxygens (including phenoxy) is 2. The van der Waals surface area contributed by atoms with E-state index < -0.39 is 8.32 Å². The van der Waals surface area contributed by atoms with Gasteiger partial charge in [0.25, 0.3) is 0 Å². The Morgan fingerprint density at radius 2 is 1.69 bits per heavy atom. The highest BCUT2D eigenvalue weighted by molar-refractivity contribution is 6.74. The van der Waals surface area contributed by atoms with Crippen molar-refractivity contribution in [3.05, 3.63) is 71.3 Å². The fourth-order valence-corrected chi connectivity index (χ4v) is 4.22. The molecule has 156 valence electrons. The summed E-state index contributed by atoms with van der Waals surface area (Å²) in [7, 11) is -0.114. The molecule has 29 heavy (non-hydrogen) atoms. The van der Waals surface area contributed by atoms with E-state index in [4.69, 9.17) is 13.9 Å². The molecule has 4 heteroatoms. The first-order valence-electron chi connectivity index (χ1n) is 10.4. The van der Waals surface area contributed by atoms with E-state index in [0.717, 1.165) is 29.9 Å². The molecule has 0 heterocycles. The summed E-state index contributed by atoms with van der Waals surface area (Å²) < 4.78 is 18.3. The first-order chi connectivity index (χ1) is 13.7. The van der Waals surface area contributed by atoms with Crippen LogP contribution in [0.1, 0.15) is 44.7 Å². The van der Waals surface area contributed by atoms with E-state index in [2.05, 4.69) is 70.3 Å². The van der Waals surface area contributed by atoms with Crippen LogP contribution in [0.15, 0.2) is 60.2 Å². The molecule has 0 bridgehead atoms. The summed E-state index contributed by atoms with van der Waals surface area (Å²) in [5, 5.41) is 0.169. The zero-order chi connectivity index (χ0) is 21.1. The molecule has 1 fully saturated rings. The number of hydrogen-bond donors (Lipinski definition) is 0. The van der Waals surface area contributed by atoms with Crippen molar-refractivity contribution in [2.24, 2.45) is 0 Å². The molecule has 0 aromatic heterocycles. The fourth-order valence-electron chi connectivity index (χ4n) is 3.20. The zero-order valence-electron chi connectivity index (χ0n) is 18.6. The van der Waals surface area contributed by atoms with Gasteiger partial charge in [0.1, 0.15) is 11.5 Å². The van der Waals surface area contributed by atoms with Crippen LogP contribution in [0.3, 0.4) is 0 Å². The maximum Gasteiger partial charge on any atom is 0.250 e. The van der Waals surface area contributed by atoms with Crippen LogP contribution < -0.4 is 4.43 Å². The van der Waals surface area contributed by atoms with Crippen LogP contribution in [0.2, 0.25) is 18.1 Å². The van der Waals surface area contributed by atoms with E-state index in [1.165, 1.54) is 11.1 Å². The van der Waals surface area contributed by atoms with Crippen molar-refractivity contribution in [2.45, 2.75) is 64.5 Å². The highest BCUT2D eigenvalue weighted by Gasteiger charge is 2.39.